The van der Waals surface area contributed by atoms with Gasteiger partial charge in [-0.2, -0.15) is 0 Å². The number of hydrogen-bond acceptors (Lipinski definition) is 6. The lowest BCUT2D eigenvalue weighted by Gasteiger charge is -2.05. The molecule has 0 aromatic heterocycles. The number of aliphatic carboxylic acids is 3. The van der Waals surface area contributed by atoms with Crippen molar-refractivity contribution in [3.05, 3.63) is 0 Å². The first kappa shape index (κ1) is 67.6. The Kier molecular flexibility index (Phi) is 60.7. The number of carboxylic acids is 3. The quantitative estimate of drug-likeness (QED) is 0.0325. The fourth-order valence-corrected chi connectivity index (χ4v) is 8.32. The molecule has 9 heteroatoms. The van der Waals surface area contributed by atoms with Crippen molar-refractivity contribution in [1.82, 2.24) is 0 Å². The van der Waals surface area contributed by atoms with Crippen molar-refractivity contribution in [2.45, 2.75) is 341 Å². The molecule has 0 aliphatic rings. The van der Waals surface area contributed by atoms with Crippen LogP contribution in [0.4, 0.5) is 0 Å². The molecular weight excluding hydrogens is 817 g/mol. The van der Waals surface area contributed by atoms with Gasteiger partial charge in [0, 0.05) is 0 Å². The van der Waals surface area contributed by atoms with E-state index in [4.69, 9.17) is 30.6 Å². The molecule has 0 amide bonds. The second kappa shape index (κ2) is 58.4. The highest BCUT2D eigenvalue weighted by Gasteiger charge is 2.13. The minimum atomic E-state index is -1.17. The minimum absolute atomic E-state index is 0.396. The third kappa shape index (κ3) is 62.3. The Labute approximate surface area is 402 Å². The van der Waals surface area contributed by atoms with E-state index in [1.165, 1.54) is 244 Å². The predicted molar refractivity (Wildman–Crippen MR) is 275 cm³/mol. The first-order chi connectivity index (χ1) is 31.5. The van der Waals surface area contributed by atoms with E-state index in [9.17, 15) is 14.4 Å². The Hall–Kier alpha value is -1.71. The summed E-state index contributed by atoms with van der Waals surface area (Å²) in [4.78, 5) is 31.3. The van der Waals surface area contributed by atoms with Crippen LogP contribution in [0, 0.1) is 0 Å². The molecule has 0 aromatic rings. The van der Waals surface area contributed by atoms with Gasteiger partial charge in [-0.05, 0) is 19.3 Å². The van der Waals surface area contributed by atoms with Crippen molar-refractivity contribution in [2.24, 2.45) is 0 Å². The van der Waals surface area contributed by atoms with Crippen LogP contribution in [0.2, 0.25) is 0 Å². The molecule has 0 aliphatic carbocycles. The van der Waals surface area contributed by atoms with Crippen LogP contribution in [0.3, 0.4) is 0 Å². The highest BCUT2D eigenvalue weighted by molar-refractivity contribution is 5.72. The van der Waals surface area contributed by atoms with E-state index in [0.29, 0.717) is 19.3 Å². The molecule has 0 aromatic carbocycles. The van der Waals surface area contributed by atoms with Gasteiger partial charge in [-0.25, -0.2) is 14.4 Å². The fourth-order valence-electron chi connectivity index (χ4n) is 8.32. The van der Waals surface area contributed by atoms with Gasteiger partial charge >= 0.3 is 17.9 Å². The van der Waals surface area contributed by atoms with Gasteiger partial charge < -0.3 is 30.6 Å². The van der Waals surface area contributed by atoms with E-state index in [1.807, 2.05) is 0 Å². The average Bonchev–Trinajstić information content (AvgIpc) is 3.29. The van der Waals surface area contributed by atoms with Gasteiger partial charge in [0.05, 0.1) is 0 Å². The zero-order valence-electron chi connectivity index (χ0n) is 43.4. The number of carboxylic acid groups (broad SMARTS) is 3. The largest absolute Gasteiger partial charge is 0.479 e. The van der Waals surface area contributed by atoms with Crippen LogP contribution in [0.15, 0.2) is 0 Å². The Morgan fingerprint density at radius 2 is 0.338 bits per heavy atom. The lowest BCUT2D eigenvalue weighted by Crippen LogP contribution is -2.18. The number of rotatable bonds is 50. The lowest BCUT2D eigenvalue weighted by atomic mass is 10.0. The summed E-state index contributed by atoms with van der Waals surface area (Å²) in [5.41, 5.74) is 0. The monoisotopic (exact) mass is 929 g/mol. The van der Waals surface area contributed by atoms with Crippen LogP contribution in [-0.4, -0.2) is 66.9 Å². The van der Waals surface area contributed by atoms with Crippen molar-refractivity contribution >= 4 is 17.9 Å². The van der Waals surface area contributed by atoms with Gasteiger partial charge in [0.25, 0.3) is 0 Å². The summed E-state index contributed by atoms with van der Waals surface area (Å²) in [7, 11) is 0. The van der Waals surface area contributed by atoms with Gasteiger partial charge in [-0.1, -0.05) is 303 Å². The summed E-state index contributed by atoms with van der Waals surface area (Å²) in [5.74, 6) is -3.28. The second-order valence-corrected chi connectivity index (χ2v) is 19.4. The van der Waals surface area contributed by atoms with Crippen molar-refractivity contribution in [3.63, 3.8) is 0 Å². The first-order valence-corrected chi connectivity index (χ1v) is 28.3. The van der Waals surface area contributed by atoms with E-state index in [0.717, 1.165) is 38.5 Å². The molecule has 0 saturated carbocycles. The van der Waals surface area contributed by atoms with Gasteiger partial charge in [0.1, 0.15) is 0 Å². The number of hydrogen-bond donors (Lipinski definition) is 6. The molecule has 6 N–H and O–H groups in total. The first-order valence-electron chi connectivity index (χ1n) is 28.3. The van der Waals surface area contributed by atoms with Gasteiger partial charge in [0.2, 0.25) is 0 Å². The summed E-state index contributed by atoms with van der Waals surface area (Å²) < 4.78 is 0. The van der Waals surface area contributed by atoms with E-state index in [2.05, 4.69) is 20.8 Å². The van der Waals surface area contributed by atoms with Crippen LogP contribution < -0.4 is 0 Å². The topological polar surface area (TPSA) is 173 Å². The van der Waals surface area contributed by atoms with Gasteiger partial charge in [-0.15, -0.1) is 0 Å². The molecule has 0 fully saturated rings. The smallest absolute Gasteiger partial charge is 0.332 e. The molecule has 390 valence electrons. The van der Waals surface area contributed by atoms with Gasteiger partial charge in [0.15, 0.2) is 18.3 Å². The average molecular weight is 930 g/mol. The van der Waals surface area contributed by atoms with Crippen LogP contribution in [0.1, 0.15) is 323 Å². The molecule has 0 bridgehead atoms. The predicted octanol–water partition coefficient (Wildman–Crippen LogP) is 16.7. The minimum Gasteiger partial charge on any atom is -0.479 e. The zero-order valence-corrected chi connectivity index (χ0v) is 43.4. The van der Waals surface area contributed by atoms with Crippen molar-refractivity contribution in [1.29, 1.82) is 0 Å². The Morgan fingerprint density at radius 1 is 0.231 bits per heavy atom. The van der Waals surface area contributed by atoms with Crippen LogP contribution >= 0.6 is 0 Å². The lowest BCUT2D eigenvalue weighted by molar-refractivity contribution is -0.147. The van der Waals surface area contributed by atoms with Crippen molar-refractivity contribution < 1.29 is 45.0 Å². The van der Waals surface area contributed by atoms with Crippen molar-refractivity contribution in [3.8, 4) is 0 Å². The molecule has 0 saturated heterocycles. The number of carbonyl (C=O) groups is 3. The molecule has 0 radical (unpaired) electrons. The second-order valence-electron chi connectivity index (χ2n) is 19.4. The summed E-state index contributed by atoms with van der Waals surface area (Å²) in [5, 5.41) is 53.0. The standard InChI is InChI=1S/C20H40O3.2C18H36O3/c1-2-3-4-5-6-7-8-9-10-11-12-13-14-15-16-17-18-19(21)20(22)23;2*1-2-3-4-5-6-7-8-9-10-11-12-13-14-15-16-17(19)18(20)21/h19,21H,2-18H2,1H3,(H,22,23);2*17,19H,2-16H2,1H3,(H,20,21). The molecule has 3 atom stereocenters. The highest BCUT2D eigenvalue weighted by Crippen LogP contribution is 2.17. The molecule has 65 heavy (non-hydrogen) atoms. The summed E-state index contributed by atoms with van der Waals surface area (Å²) in [6.45, 7) is 6.78. The summed E-state index contributed by atoms with van der Waals surface area (Å²) in [6, 6.07) is 0. The third-order valence-electron chi connectivity index (χ3n) is 12.8. The molecule has 0 heterocycles. The maximum atomic E-state index is 10.4. The van der Waals surface area contributed by atoms with E-state index >= 15 is 0 Å². The molecule has 0 rings (SSSR count). The Bertz CT molecular complexity index is 897. The number of aliphatic hydroxyl groups is 3. The van der Waals surface area contributed by atoms with Crippen molar-refractivity contribution in [2.75, 3.05) is 0 Å². The molecule has 0 aliphatic heterocycles. The third-order valence-corrected chi connectivity index (χ3v) is 12.8. The number of unbranched alkanes of at least 4 members (excludes halogenated alkanes) is 41. The summed E-state index contributed by atoms with van der Waals surface area (Å²) in [6.07, 6.45) is 54.7. The Balaban J connectivity index is -0.000000888. The maximum Gasteiger partial charge on any atom is 0.332 e. The molecule has 0 spiro atoms. The van der Waals surface area contributed by atoms with Crippen LogP contribution in [-0.2, 0) is 14.4 Å². The SMILES string of the molecule is CCCCCCCCCCCCCCCCC(O)C(=O)O.CCCCCCCCCCCCCCCCC(O)C(=O)O.CCCCCCCCCCCCCCCCCCC(O)C(=O)O. The normalized spacial score (nSPS) is 12.5. The maximum absolute atomic E-state index is 10.4. The summed E-state index contributed by atoms with van der Waals surface area (Å²) >= 11 is 0. The number of aliphatic hydroxyl groups excluding tert-OH is 3. The van der Waals surface area contributed by atoms with Crippen LogP contribution in [0.25, 0.3) is 0 Å². The van der Waals surface area contributed by atoms with E-state index in [-0.39, 0.29) is 0 Å². The highest BCUT2D eigenvalue weighted by atomic mass is 16.4. The fraction of sp³-hybridized carbons (Fsp3) is 0.946. The van der Waals surface area contributed by atoms with E-state index in [1.54, 1.807) is 0 Å². The molecule has 9 nitrogen and oxygen atoms in total. The molecular formula is C56H112O9. The Morgan fingerprint density at radius 3 is 0.446 bits per heavy atom. The van der Waals surface area contributed by atoms with Gasteiger partial charge in [-0.3, -0.25) is 0 Å². The molecule has 3 unspecified atom stereocenters. The van der Waals surface area contributed by atoms with Crippen LogP contribution in [0.5, 0.6) is 0 Å². The van der Waals surface area contributed by atoms with E-state index < -0.39 is 36.2 Å². The zero-order chi connectivity index (χ0) is 48.7.